The van der Waals surface area contributed by atoms with Crippen molar-refractivity contribution in [1.82, 2.24) is 5.32 Å². The van der Waals surface area contributed by atoms with E-state index < -0.39 is 0 Å². The van der Waals surface area contributed by atoms with Gasteiger partial charge in [-0.3, -0.25) is 4.99 Å². The minimum Gasteiger partial charge on any atom is -0.379 e. The molecular weight excluding hydrogens is 232 g/mol. The highest BCUT2D eigenvalue weighted by Crippen LogP contribution is 2.28. The molecule has 1 aliphatic carbocycles. The fourth-order valence-corrected chi connectivity index (χ4v) is 2.98. The number of aliphatic imine (C=N–C) groups is 1. The maximum atomic E-state index is 5.56. The fourth-order valence-electron chi connectivity index (χ4n) is 1.97. The molecule has 2 rings (SSSR count). The van der Waals surface area contributed by atoms with E-state index in [-0.39, 0.29) is 0 Å². The van der Waals surface area contributed by atoms with Crippen molar-refractivity contribution < 1.29 is 4.74 Å². The number of rotatable bonds is 7. The molecule has 1 saturated heterocycles. The highest BCUT2D eigenvalue weighted by molar-refractivity contribution is 8.14. The van der Waals surface area contributed by atoms with Crippen LogP contribution >= 0.6 is 11.8 Å². The van der Waals surface area contributed by atoms with E-state index in [1.54, 1.807) is 0 Å². The first-order valence-electron chi connectivity index (χ1n) is 6.75. The second-order valence-electron chi connectivity index (χ2n) is 5.49. The number of nitrogens with zero attached hydrogens (tertiary/aromatic N) is 1. The molecule has 3 nitrogen and oxygen atoms in total. The molecule has 0 amide bonds. The smallest absolute Gasteiger partial charge is 0.156 e. The maximum absolute atomic E-state index is 5.56. The Bertz CT molecular complexity index is 264. The molecule has 0 bridgehead atoms. The van der Waals surface area contributed by atoms with Gasteiger partial charge in [0.1, 0.15) is 0 Å². The summed E-state index contributed by atoms with van der Waals surface area (Å²) < 4.78 is 5.56. The van der Waals surface area contributed by atoms with Gasteiger partial charge in [0.25, 0.3) is 0 Å². The molecule has 2 fully saturated rings. The summed E-state index contributed by atoms with van der Waals surface area (Å²) in [7, 11) is 0. The van der Waals surface area contributed by atoms with Gasteiger partial charge in [-0.1, -0.05) is 25.6 Å². The Balaban J connectivity index is 1.55. The van der Waals surface area contributed by atoms with Crippen molar-refractivity contribution in [2.45, 2.75) is 39.2 Å². The number of nitrogens with one attached hydrogen (secondary N) is 1. The molecule has 98 valence electrons. The van der Waals surface area contributed by atoms with Crippen LogP contribution in [0.3, 0.4) is 0 Å². The molecule has 0 aromatic heterocycles. The normalized spacial score (nSPS) is 26.8. The van der Waals surface area contributed by atoms with Gasteiger partial charge >= 0.3 is 0 Å². The second-order valence-corrected chi connectivity index (χ2v) is 6.50. The molecule has 1 heterocycles. The Morgan fingerprint density at radius 1 is 1.47 bits per heavy atom. The van der Waals surface area contributed by atoms with Gasteiger partial charge in [0.15, 0.2) is 5.17 Å². The van der Waals surface area contributed by atoms with Gasteiger partial charge in [0.05, 0.1) is 13.2 Å². The first-order chi connectivity index (χ1) is 8.24. The van der Waals surface area contributed by atoms with Crippen molar-refractivity contribution in [3.63, 3.8) is 0 Å². The van der Waals surface area contributed by atoms with Crippen molar-refractivity contribution in [1.29, 1.82) is 0 Å². The summed E-state index contributed by atoms with van der Waals surface area (Å²) >= 11 is 1.85. The number of ether oxygens (including phenoxy) is 1. The lowest BCUT2D eigenvalue weighted by Crippen LogP contribution is -2.28. The van der Waals surface area contributed by atoms with Crippen LogP contribution in [-0.4, -0.2) is 36.7 Å². The van der Waals surface area contributed by atoms with Crippen molar-refractivity contribution in [2.75, 3.05) is 25.5 Å². The van der Waals surface area contributed by atoms with Crippen LogP contribution < -0.4 is 5.32 Å². The quantitative estimate of drug-likeness (QED) is 0.711. The lowest BCUT2D eigenvalue weighted by atomic mass is 10.1. The molecule has 1 atom stereocenters. The molecule has 1 N–H and O–H groups in total. The monoisotopic (exact) mass is 256 g/mol. The number of amidine groups is 1. The summed E-state index contributed by atoms with van der Waals surface area (Å²) in [5.74, 6) is 2.78. The molecule has 0 spiro atoms. The zero-order valence-corrected chi connectivity index (χ0v) is 11.8. The number of hydrogen-bond acceptors (Lipinski definition) is 3. The SMILES string of the molecule is CC(C)CC1CSC(=NCCOCC2CC2)N1. The molecule has 17 heavy (non-hydrogen) atoms. The van der Waals surface area contributed by atoms with Gasteiger partial charge in [0, 0.05) is 18.4 Å². The Morgan fingerprint density at radius 2 is 2.29 bits per heavy atom. The van der Waals surface area contributed by atoms with Gasteiger partial charge in [0.2, 0.25) is 0 Å². The van der Waals surface area contributed by atoms with E-state index in [2.05, 4.69) is 24.2 Å². The predicted octanol–water partition coefficient (Wildman–Crippen LogP) is 2.52. The van der Waals surface area contributed by atoms with Gasteiger partial charge < -0.3 is 10.1 Å². The first-order valence-corrected chi connectivity index (χ1v) is 7.74. The molecule has 0 aromatic rings. The molecule has 1 aliphatic heterocycles. The molecule has 1 unspecified atom stereocenters. The van der Waals surface area contributed by atoms with E-state index in [4.69, 9.17) is 4.74 Å². The van der Waals surface area contributed by atoms with Crippen molar-refractivity contribution in [3.8, 4) is 0 Å². The van der Waals surface area contributed by atoms with Crippen LogP contribution in [-0.2, 0) is 4.74 Å². The molecule has 1 saturated carbocycles. The fraction of sp³-hybridized carbons (Fsp3) is 0.923. The van der Waals surface area contributed by atoms with Crippen molar-refractivity contribution in [2.24, 2.45) is 16.8 Å². The zero-order valence-electron chi connectivity index (χ0n) is 10.9. The molecule has 0 radical (unpaired) electrons. The third-order valence-electron chi connectivity index (χ3n) is 3.05. The molecule has 0 aromatic carbocycles. The Hall–Kier alpha value is -0.220. The molecular formula is C13H24N2OS. The minimum atomic E-state index is 0.617. The van der Waals surface area contributed by atoms with Crippen LogP contribution in [0, 0.1) is 11.8 Å². The highest BCUT2D eigenvalue weighted by Gasteiger charge is 2.21. The van der Waals surface area contributed by atoms with Crippen molar-refractivity contribution >= 4 is 16.9 Å². The third-order valence-corrected chi connectivity index (χ3v) is 4.14. The average molecular weight is 256 g/mol. The van der Waals surface area contributed by atoms with Crippen LogP contribution in [0.2, 0.25) is 0 Å². The highest BCUT2D eigenvalue weighted by atomic mass is 32.2. The van der Waals surface area contributed by atoms with Crippen LogP contribution in [0.5, 0.6) is 0 Å². The van der Waals surface area contributed by atoms with Crippen LogP contribution in [0.4, 0.5) is 0 Å². The van der Waals surface area contributed by atoms with Crippen LogP contribution in [0.25, 0.3) is 0 Å². The van der Waals surface area contributed by atoms with Crippen LogP contribution in [0.1, 0.15) is 33.1 Å². The lowest BCUT2D eigenvalue weighted by Gasteiger charge is -2.11. The second kappa shape index (κ2) is 6.64. The first kappa shape index (κ1) is 13.2. The summed E-state index contributed by atoms with van der Waals surface area (Å²) in [6, 6.07) is 0.617. The van der Waals surface area contributed by atoms with E-state index in [0.717, 1.165) is 36.8 Å². The minimum absolute atomic E-state index is 0.617. The Labute approximate surface area is 109 Å². The zero-order chi connectivity index (χ0) is 12.1. The Morgan fingerprint density at radius 3 is 3.00 bits per heavy atom. The topological polar surface area (TPSA) is 33.6 Å². The number of thioether (sulfide) groups is 1. The van der Waals surface area contributed by atoms with Gasteiger partial charge in [-0.25, -0.2) is 0 Å². The van der Waals surface area contributed by atoms with Gasteiger partial charge in [-0.05, 0) is 31.1 Å². The summed E-state index contributed by atoms with van der Waals surface area (Å²) in [5, 5.41) is 4.61. The summed E-state index contributed by atoms with van der Waals surface area (Å²) in [5.41, 5.74) is 0. The van der Waals surface area contributed by atoms with E-state index in [0.29, 0.717) is 6.04 Å². The standard InChI is InChI=1S/C13H24N2OS/c1-10(2)7-12-9-17-13(15-12)14-5-6-16-8-11-3-4-11/h10-12H,3-9H2,1-2H3,(H,14,15). The average Bonchev–Trinajstić information content (AvgIpc) is 2.99. The largest absolute Gasteiger partial charge is 0.379 e. The summed E-state index contributed by atoms with van der Waals surface area (Å²) in [4.78, 5) is 4.54. The van der Waals surface area contributed by atoms with Crippen LogP contribution in [0.15, 0.2) is 4.99 Å². The third kappa shape index (κ3) is 5.30. The van der Waals surface area contributed by atoms with E-state index in [1.807, 2.05) is 11.8 Å². The molecule has 4 heteroatoms. The summed E-state index contributed by atoms with van der Waals surface area (Å²) in [6.07, 6.45) is 3.97. The maximum Gasteiger partial charge on any atom is 0.156 e. The predicted molar refractivity (Wildman–Crippen MR) is 74.7 cm³/mol. The van der Waals surface area contributed by atoms with E-state index in [1.165, 1.54) is 25.0 Å². The van der Waals surface area contributed by atoms with Gasteiger partial charge in [-0.2, -0.15) is 0 Å². The van der Waals surface area contributed by atoms with Gasteiger partial charge in [-0.15, -0.1) is 0 Å². The van der Waals surface area contributed by atoms with Crippen molar-refractivity contribution in [3.05, 3.63) is 0 Å². The van der Waals surface area contributed by atoms with E-state index in [9.17, 15) is 0 Å². The van der Waals surface area contributed by atoms with E-state index >= 15 is 0 Å². The number of hydrogen-bond donors (Lipinski definition) is 1. The summed E-state index contributed by atoms with van der Waals surface area (Å²) in [6.45, 7) is 7.06. The molecule has 2 aliphatic rings. The lowest BCUT2D eigenvalue weighted by molar-refractivity contribution is 0.132. The Kier molecular flexibility index (Phi) is 5.16.